The van der Waals surface area contributed by atoms with Gasteiger partial charge in [-0.3, -0.25) is 9.97 Å². The Morgan fingerprint density at radius 3 is 1.54 bits per heavy atom. The molecule has 0 amide bonds. The van der Waals surface area contributed by atoms with Crippen molar-refractivity contribution in [3.63, 3.8) is 0 Å². The van der Waals surface area contributed by atoms with Crippen molar-refractivity contribution in [2.24, 2.45) is 0 Å². The molecule has 6 rings (SSSR count). The summed E-state index contributed by atoms with van der Waals surface area (Å²) in [6, 6.07) is 15.5. The Bertz CT molecular complexity index is 2040. The van der Waals surface area contributed by atoms with Crippen LogP contribution in [-0.2, 0) is 25.4 Å². The van der Waals surface area contributed by atoms with E-state index in [-0.39, 0.29) is 24.2 Å². The maximum absolute atomic E-state index is 14.0. The van der Waals surface area contributed by atoms with E-state index in [1.54, 1.807) is 48.5 Å². The Morgan fingerprint density at radius 1 is 0.600 bits per heavy atom. The molecule has 0 fully saturated rings. The second kappa shape index (κ2) is 14.7. The molecule has 4 heterocycles. The van der Waals surface area contributed by atoms with E-state index in [4.69, 9.17) is 9.47 Å². The number of aromatic nitrogens is 8. The summed E-state index contributed by atoms with van der Waals surface area (Å²) in [5.41, 5.74) is -2.71. The summed E-state index contributed by atoms with van der Waals surface area (Å²) >= 11 is 0. The number of benzene rings is 2. The van der Waals surface area contributed by atoms with E-state index < -0.39 is 46.8 Å². The fraction of sp³-hybridized carbons (Fsp3) is 0.188. The number of methoxy groups -OCH3 is 2. The lowest BCUT2D eigenvalue weighted by Crippen LogP contribution is -2.16. The molecule has 18 heteroatoms. The van der Waals surface area contributed by atoms with E-state index in [0.717, 1.165) is 29.2 Å². The molecular formula is C32H24F8N8O2. The molecule has 4 aromatic heterocycles. The van der Waals surface area contributed by atoms with Crippen molar-refractivity contribution < 1.29 is 44.6 Å². The topological polar surface area (TPSA) is 106 Å². The molecule has 6 aromatic rings. The molecule has 10 nitrogen and oxygen atoms in total. The van der Waals surface area contributed by atoms with Crippen molar-refractivity contribution in [1.82, 2.24) is 40.0 Å². The van der Waals surface area contributed by atoms with Crippen LogP contribution in [0.5, 0.6) is 11.5 Å². The molecule has 0 saturated heterocycles. The number of hydrogen-bond donors (Lipinski definition) is 0. The monoisotopic (exact) mass is 704 g/mol. The molecule has 0 aliphatic rings. The first-order valence-corrected chi connectivity index (χ1v) is 14.3. The highest BCUT2D eigenvalue weighted by molar-refractivity contribution is 5.63. The lowest BCUT2D eigenvalue weighted by Gasteiger charge is -2.12. The van der Waals surface area contributed by atoms with Crippen molar-refractivity contribution in [2.75, 3.05) is 14.2 Å². The van der Waals surface area contributed by atoms with Crippen molar-refractivity contribution >= 4 is 0 Å². The summed E-state index contributed by atoms with van der Waals surface area (Å²) in [5.74, 6) is -0.590. The molecule has 2 aromatic carbocycles. The van der Waals surface area contributed by atoms with Gasteiger partial charge in [-0.05, 0) is 47.5 Å². The summed E-state index contributed by atoms with van der Waals surface area (Å²) in [4.78, 5) is 7.09. The molecule has 0 unspecified atom stereocenters. The largest absolute Gasteiger partial charge is 0.497 e. The van der Waals surface area contributed by atoms with Gasteiger partial charge in [-0.25, -0.2) is 18.1 Å². The molecular weight excluding hydrogens is 680 g/mol. The SMILES string of the molecule is COc1ccc(Cn2nnc(-c3ccncc3F)c2C(F)(F)F)cc1.COc1ccc(Cn2nnc(C(F)(F)F)c2-c2ccncc2F)cc1. The summed E-state index contributed by atoms with van der Waals surface area (Å²) < 4.78 is 120. The Kier molecular flexibility index (Phi) is 10.4. The van der Waals surface area contributed by atoms with Gasteiger partial charge in [0.25, 0.3) is 0 Å². The van der Waals surface area contributed by atoms with Gasteiger partial charge in [0.2, 0.25) is 0 Å². The Hall–Kier alpha value is -5.94. The van der Waals surface area contributed by atoms with E-state index in [9.17, 15) is 35.1 Å². The van der Waals surface area contributed by atoms with Crippen LogP contribution in [0.3, 0.4) is 0 Å². The number of alkyl halides is 6. The second-order valence-corrected chi connectivity index (χ2v) is 10.3. The molecule has 260 valence electrons. The molecule has 50 heavy (non-hydrogen) atoms. The first kappa shape index (κ1) is 35.4. The number of ether oxygens (including phenoxy) is 2. The summed E-state index contributed by atoms with van der Waals surface area (Å²) in [6.45, 7) is -0.178. The van der Waals surface area contributed by atoms with Gasteiger partial charge in [-0.2, -0.15) is 26.3 Å². The summed E-state index contributed by atoms with van der Waals surface area (Å²) in [5, 5.41) is 13.9. The zero-order valence-electron chi connectivity index (χ0n) is 25.9. The quantitative estimate of drug-likeness (QED) is 0.155. The van der Waals surface area contributed by atoms with Gasteiger partial charge in [0.15, 0.2) is 23.0 Å². The van der Waals surface area contributed by atoms with Gasteiger partial charge in [0.1, 0.15) is 22.9 Å². The van der Waals surface area contributed by atoms with Crippen LogP contribution < -0.4 is 9.47 Å². The first-order chi connectivity index (χ1) is 23.8. The fourth-order valence-electron chi connectivity index (χ4n) is 4.71. The normalized spacial score (nSPS) is 11.6. The van der Waals surface area contributed by atoms with Crippen LogP contribution in [0.2, 0.25) is 0 Å². The molecule has 0 radical (unpaired) electrons. The zero-order chi connectivity index (χ0) is 36.1. The third-order valence-electron chi connectivity index (χ3n) is 7.05. The number of halogens is 8. The van der Waals surface area contributed by atoms with Crippen molar-refractivity contribution in [3.05, 3.63) is 120 Å². The molecule has 0 aliphatic heterocycles. The Balaban J connectivity index is 0.000000194. The van der Waals surface area contributed by atoms with E-state index in [2.05, 4.69) is 30.6 Å². The van der Waals surface area contributed by atoms with Gasteiger partial charge in [0, 0.05) is 23.5 Å². The van der Waals surface area contributed by atoms with Crippen molar-refractivity contribution in [1.29, 1.82) is 0 Å². The molecule has 0 aliphatic carbocycles. The average Bonchev–Trinajstić information content (AvgIpc) is 3.71. The van der Waals surface area contributed by atoms with Crippen LogP contribution in [0.1, 0.15) is 22.5 Å². The maximum atomic E-state index is 14.0. The third kappa shape index (κ3) is 8.01. The standard InChI is InChI=1S/2C16H12F4N4O/c1-25-11-4-2-10(3-5-11)9-24-14(12-6-7-21-8-13(12)17)15(22-23-24)16(18,19)20;1-25-11-4-2-10(3-5-11)9-24-15(16(18,19)20)14(22-23-24)12-6-7-21-8-13(12)17/h2*2-8H,9H2,1H3. The summed E-state index contributed by atoms with van der Waals surface area (Å²) in [6.07, 6.45) is -5.42. The maximum Gasteiger partial charge on any atom is 0.437 e. The molecule has 0 N–H and O–H groups in total. The van der Waals surface area contributed by atoms with Crippen LogP contribution in [0.4, 0.5) is 35.1 Å². The predicted molar refractivity (Wildman–Crippen MR) is 161 cm³/mol. The van der Waals surface area contributed by atoms with E-state index in [0.29, 0.717) is 27.3 Å². The molecule has 0 bridgehead atoms. The second-order valence-electron chi connectivity index (χ2n) is 10.3. The van der Waals surface area contributed by atoms with Crippen LogP contribution >= 0.6 is 0 Å². The smallest absolute Gasteiger partial charge is 0.437 e. The number of nitrogens with zero attached hydrogens (tertiary/aromatic N) is 8. The van der Waals surface area contributed by atoms with E-state index in [1.807, 2.05) is 0 Å². The van der Waals surface area contributed by atoms with Gasteiger partial charge in [-0.1, -0.05) is 34.7 Å². The number of pyridine rings is 2. The van der Waals surface area contributed by atoms with Crippen LogP contribution in [0, 0.1) is 11.6 Å². The minimum atomic E-state index is -4.76. The van der Waals surface area contributed by atoms with Crippen LogP contribution in [0.25, 0.3) is 22.5 Å². The van der Waals surface area contributed by atoms with Crippen molar-refractivity contribution in [2.45, 2.75) is 25.4 Å². The first-order valence-electron chi connectivity index (χ1n) is 14.3. The highest BCUT2D eigenvalue weighted by atomic mass is 19.4. The molecule has 0 atom stereocenters. The van der Waals surface area contributed by atoms with Gasteiger partial charge in [-0.15, -0.1) is 10.2 Å². The lowest BCUT2D eigenvalue weighted by molar-refractivity contribution is -0.143. The van der Waals surface area contributed by atoms with Crippen LogP contribution in [0.15, 0.2) is 85.5 Å². The third-order valence-corrected chi connectivity index (χ3v) is 7.05. The zero-order valence-corrected chi connectivity index (χ0v) is 25.9. The van der Waals surface area contributed by atoms with Crippen molar-refractivity contribution in [3.8, 4) is 34.0 Å². The predicted octanol–water partition coefficient (Wildman–Crippen LogP) is 7.11. The molecule has 0 saturated carbocycles. The highest BCUT2D eigenvalue weighted by Gasteiger charge is 2.41. The van der Waals surface area contributed by atoms with E-state index in [1.165, 1.54) is 26.6 Å². The minimum Gasteiger partial charge on any atom is -0.497 e. The highest BCUT2D eigenvalue weighted by Crippen LogP contribution is 2.38. The number of rotatable bonds is 8. The summed E-state index contributed by atoms with van der Waals surface area (Å²) in [7, 11) is 3.00. The van der Waals surface area contributed by atoms with Gasteiger partial charge in [0.05, 0.1) is 39.7 Å². The Labute approximate surface area is 277 Å². The minimum absolute atomic E-state index is 0.00975. The molecule has 0 spiro atoms. The fourth-order valence-corrected chi connectivity index (χ4v) is 4.71. The lowest BCUT2D eigenvalue weighted by atomic mass is 10.1. The number of hydrogen-bond acceptors (Lipinski definition) is 8. The van der Waals surface area contributed by atoms with Crippen LogP contribution in [-0.4, -0.2) is 54.2 Å². The average molecular weight is 705 g/mol. The Morgan fingerprint density at radius 2 is 1.08 bits per heavy atom. The van der Waals surface area contributed by atoms with E-state index >= 15 is 0 Å². The van der Waals surface area contributed by atoms with Gasteiger partial charge < -0.3 is 9.47 Å². The van der Waals surface area contributed by atoms with Gasteiger partial charge >= 0.3 is 12.4 Å².